The first-order valence-corrected chi connectivity index (χ1v) is 10.4. The van der Waals surface area contributed by atoms with E-state index in [0.717, 1.165) is 37.0 Å². The molecule has 0 unspecified atom stereocenters. The third-order valence-corrected chi connectivity index (χ3v) is 6.60. The Labute approximate surface area is 160 Å². The number of hydrogen-bond donors (Lipinski definition) is 1. The van der Waals surface area contributed by atoms with Gasteiger partial charge in [0.1, 0.15) is 11.3 Å². The molecule has 1 spiro atoms. The van der Waals surface area contributed by atoms with E-state index in [0.29, 0.717) is 11.6 Å². The number of likely N-dealkylation sites (tertiary alicyclic amines) is 2. The van der Waals surface area contributed by atoms with Crippen molar-refractivity contribution >= 4 is 16.8 Å². The molecule has 5 heteroatoms. The minimum Gasteiger partial charge on any atom is -0.371 e. The summed E-state index contributed by atoms with van der Waals surface area (Å²) in [6.07, 6.45) is 6.40. The van der Waals surface area contributed by atoms with Gasteiger partial charge in [-0.25, -0.2) is 0 Å². The van der Waals surface area contributed by atoms with E-state index in [1.165, 1.54) is 45.3 Å². The molecule has 0 saturated carbocycles. The molecule has 2 aromatic rings. The number of ether oxygens (including phenoxy) is 1. The van der Waals surface area contributed by atoms with Crippen molar-refractivity contribution in [2.45, 2.75) is 37.7 Å². The summed E-state index contributed by atoms with van der Waals surface area (Å²) in [5, 5.41) is 1.09. The Hall–Kier alpha value is -1.85. The van der Waals surface area contributed by atoms with Crippen molar-refractivity contribution in [2.24, 2.45) is 5.92 Å². The number of para-hydroxylation sites is 1. The molecule has 0 bridgehead atoms. The first-order valence-electron chi connectivity index (χ1n) is 10.4. The molecule has 3 aliphatic rings. The average Bonchev–Trinajstić information content (AvgIpc) is 3.11. The van der Waals surface area contributed by atoms with E-state index in [1.54, 1.807) is 0 Å². The molecule has 1 aromatic heterocycles. The van der Waals surface area contributed by atoms with Crippen molar-refractivity contribution in [3.05, 3.63) is 36.0 Å². The number of H-pyrrole nitrogens is 1. The molecule has 1 N–H and O–H groups in total. The lowest BCUT2D eigenvalue weighted by molar-refractivity contribution is -0.169. The fourth-order valence-electron chi connectivity index (χ4n) is 4.97. The Bertz CT molecular complexity index is 775. The number of nitrogens with one attached hydrogen (secondary N) is 1. The Kier molecular flexibility index (Phi) is 4.44. The van der Waals surface area contributed by atoms with Gasteiger partial charge < -0.3 is 19.5 Å². The van der Waals surface area contributed by atoms with Crippen LogP contribution < -0.4 is 0 Å². The number of aromatic amines is 1. The number of hydrogen-bond acceptors (Lipinski definition) is 3. The summed E-state index contributed by atoms with van der Waals surface area (Å²) in [6.45, 7) is 6.02. The SMILES string of the molecule is O=C(c1cc2ccccc2[nH]1)N1CC2(CC[C@H](CN3CCCCC3)CO2)C1. The van der Waals surface area contributed by atoms with Crippen molar-refractivity contribution in [2.75, 3.05) is 39.3 Å². The van der Waals surface area contributed by atoms with Gasteiger partial charge in [0.25, 0.3) is 5.91 Å². The van der Waals surface area contributed by atoms with E-state index < -0.39 is 0 Å². The number of piperidine rings is 1. The van der Waals surface area contributed by atoms with E-state index in [9.17, 15) is 4.79 Å². The van der Waals surface area contributed by atoms with Crippen molar-refractivity contribution in [3.8, 4) is 0 Å². The van der Waals surface area contributed by atoms with Crippen molar-refractivity contribution in [1.29, 1.82) is 0 Å². The number of rotatable bonds is 3. The largest absolute Gasteiger partial charge is 0.371 e. The van der Waals surface area contributed by atoms with E-state index >= 15 is 0 Å². The molecule has 4 heterocycles. The first kappa shape index (κ1) is 17.3. The lowest BCUT2D eigenvalue weighted by atomic mass is 9.82. The highest BCUT2D eigenvalue weighted by Crippen LogP contribution is 2.37. The van der Waals surface area contributed by atoms with Gasteiger partial charge in [-0.3, -0.25) is 4.79 Å². The highest BCUT2D eigenvalue weighted by atomic mass is 16.5. The first-order chi connectivity index (χ1) is 13.2. The summed E-state index contributed by atoms with van der Waals surface area (Å²) in [6, 6.07) is 9.99. The van der Waals surface area contributed by atoms with Gasteiger partial charge in [-0.15, -0.1) is 0 Å². The molecule has 3 saturated heterocycles. The molecule has 1 atom stereocenters. The third-order valence-electron chi connectivity index (χ3n) is 6.60. The quantitative estimate of drug-likeness (QED) is 0.906. The van der Waals surface area contributed by atoms with Crippen molar-refractivity contribution < 1.29 is 9.53 Å². The summed E-state index contributed by atoms with van der Waals surface area (Å²) in [5.41, 5.74) is 1.62. The molecule has 5 nitrogen and oxygen atoms in total. The molecule has 0 aliphatic carbocycles. The van der Waals surface area contributed by atoms with Crippen LogP contribution in [0.4, 0.5) is 0 Å². The number of fused-ring (bicyclic) bond motifs is 1. The monoisotopic (exact) mass is 367 g/mol. The molecule has 3 fully saturated rings. The number of aromatic nitrogens is 1. The number of carbonyl (C=O) groups excluding carboxylic acids is 1. The van der Waals surface area contributed by atoms with E-state index in [4.69, 9.17) is 4.74 Å². The molecule has 5 rings (SSSR count). The molecule has 0 radical (unpaired) electrons. The van der Waals surface area contributed by atoms with Crippen LogP contribution in [-0.2, 0) is 4.74 Å². The molecule has 1 amide bonds. The minimum absolute atomic E-state index is 0.0833. The Morgan fingerprint density at radius 2 is 2.00 bits per heavy atom. The Morgan fingerprint density at radius 3 is 2.74 bits per heavy atom. The van der Waals surface area contributed by atoms with Crippen molar-refractivity contribution in [1.82, 2.24) is 14.8 Å². The fraction of sp³-hybridized carbons (Fsp3) is 0.591. The second-order valence-corrected chi connectivity index (χ2v) is 8.69. The summed E-state index contributed by atoms with van der Waals surface area (Å²) < 4.78 is 6.30. The standard InChI is InChI=1S/C22H29N3O2/c26-21(20-12-18-6-2-3-7-19(18)23-20)25-15-22(16-25)9-8-17(14-27-22)13-24-10-4-1-5-11-24/h2-3,6-7,12,17,23H,1,4-5,8-11,13-16H2/t17-/m1/s1. The summed E-state index contributed by atoms with van der Waals surface area (Å²) in [7, 11) is 0. The zero-order chi connectivity index (χ0) is 18.3. The van der Waals surface area contributed by atoms with Crippen LogP contribution in [-0.4, -0.2) is 65.6 Å². The topological polar surface area (TPSA) is 48.6 Å². The van der Waals surface area contributed by atoms with Crippen LogP contribution in [0.3, 0.4) is 0 Å². The normalized spacial score (nSPS) is 25.6. The van der Waals surface area contributed by atoms with Crippen LogP contribution in [0.1, 0.15) is 42.6 Å². The maximum Gasteiger partial charge on any atom is 0.270 e. The van der Waals surface area contributed by atoms with Gasteiger partial charge in [-0.2, -0.15) is 0 Å². The van der Waals surface area contributed by atoms with Crippen molar-refractivity contribution in [3.63, 3.8) is 0 Å². The van der Waals surface area contributed by atoms with Gasteiger partial charge in [0.2, 0.25) is 0 Å². The zero-order valence-electron chi connectivity index (χ0n) is 16.0. The molecule has 1 aromatic carbocycles. The van der Waals surface area contributed by atoms with Gasteiger partial charge in [-0.1, -0.05) is 24.6 Å². The molecular weight excluding hydrogens is 338 g/mol. The molecule has 27 heavy (non-hydrogen) atoms. The summed E-state index contributed by atoms with van der Waals surface area (Å²) in [4.78, 5) is 20.6. The molecular formula is C22H29N3O2. The molecule has 3 aliphatic heterocycles. The maximum absolute atomic E-state index is 12.8. The van der Waals surface area contributed by atoms with Crippen LogP contribution in [0.25, 0.3) is 10.9 Å². The number of benzene rings is 1. The highest BCUT2D eigenvalue weighted by molar-refractivity contribution is 5.98. The number of carbonyl (C=O) groups is 1. The van der Waals surface area contributed by atoms with Gasteiger partial charge in [0, 0.05) is 17.4 Å². The van der Waals surface area contributed by atoms with Crippen LogP contribution >= 0.6 is 0 Å². The van der Waals surface area contributed by atoms with Gasteiger partial charge in [0.15, 0.2) is 0 Å². The molecule has 144 valence electrons. The van der Waals surface area contributed by atoms with E-state index in [1.807, 2.05) is 35.2 Å². The maximum atomic E-state index is 12.8. The van der Waals surface area contributed by atoms with Gasteiger partial charge in [0.05, 0.1) is 19.7 Å². The average molecular weight is 367 g/mol. The van der Waals surface area contributed by atoms with Crippen LogP contribution in [0.2, 0.25) is 0 Å². The summed E-state index contributed by atoms with van der Waals surface area (Å²) >= 11 is 0. The van der Waals surface area contributed by atoms with Gasteiger partial charge >= 0.3 is 0 Å². The highest BCUT2D eigenvalue weighted by Gasteiger charge is 2.48. The Balaban J connectivity index is 1.14. The lowest BCUT2D eigenvalue weighted by Gasteiger charge is -2.53. The van der Waals surface area contributed by atoms with E-state index in [2.05, 4.69) is 9.88 Å². The smallest absolute Gasteiger partial charge is 0.270 e. The third kappa shape index (κ3) is 3.39. The second-order valence-electron chi connectivity index (χ2n) is 8.69. The lowest BCUT2D eigenvalue weighted by Crippen LogP contribution is -2.66. The van der Waals surface area contributed by atoms with Crippen LogP contribution in [0, 0.1) is 5.92 Å². The predicted molar refractivity (Wildman–Crippen MR) is 106 cm³/mol. The Morgan fingerprint density at radius 1 is 1.19 bits per heavy atom. The van der Waals surface area contributed by atoms with Crippen LogP contribution in [0.15, 0.2) is 30.3 Å². The van der Waals surface area contributed by atoms with Crippen LogP contribution in [0.5, 0.6) is 0 Å². The number of nitrogens with zero attached hydrogens (tertiary/aromatic N) is 2. The predicted octanol–water partition coefficient (Wildman–Crippen LogP) is 3.28. The van der Waals surface area contributed by atoms with E-state index in [-0.39, 0.29) is 11.5 Å². The fourth-order valence-corrected chi connectivity index (χ4v) is 4.97. The minimum atomic E-state index is -0.0833. The number of amides is 1. The zero-order valence-corrected chi connectivity index (χ0v) is 16.0. The second kappa shape index (κ2) is 6.95. The summed E-state index contributed by atoms with van der Waals surface area (Å²) in [5.74, 6) is 0.753. The van der Waals surface area contributed by atoms with Gasteiger partial charge in [-0.05, 0) is 56.8 Å².